The summed E-state index contributed by atoms with van der Waals surface area (Å²) in [4.78, 5) is 2.32. The molecule has 0 amide bonds. The standard InChI is InChI=1S/C17H30N2O/c1-6-18-13-15-7-9-16(10-8-15)20-12-11-19(5)14-17(2,3)4/h7-10,18H,6,11-14H2,1-5H3. The Labute approximate surface area is 124 Å². The predicted octanol–water partition coefficient (Wildman–Crippen LogP) is 3.15. The predicted molar refractivity (Wildman–Crippen MR) is 86.3 cm³/mol. The Kier molecular flexibility index (Phi) is 7.03. The third-order valence-corrected chi connectivity index (χ3v) is 2.99. The Morgan fingerprint density at radius 1 is 1.15 bits per heavy atom. The van der Waals surface area contributed by atoms with Crippen molar-refractivity contribution in [3.8, 4) is 5.75 Å². The minimum absolute atomic E-state index is 0.336. The van der Waals surface area contributed by atoms with E-state index >= 15 is 0 Å². The Morgan fingerprint density at radius 2 is 1.80 bits per heavy atom. The molecule has 1 aromatic rings. The van der Waals surface area contributed by atoms with Crippen molar-refractivity contribution >= 4 is 0 Å². The van der Waals surface area contributed by atoms with Crippen molar-refractivity contribution in [2.24, 2.45) is 5.41 Å². The van der Waals surface area contributed by atoms with E-state index in [2.05, 4.69) is 69.2 Å². The molecule has 0 atom stereocenters. The Bertz CT molecular complexity index is 368. The highest BCUT2D eigenvalue weighted by Crippen LogP contribution is 2.15. The van der Waals surface area contributed by atoms with Crippen LogP contribution < -0.4 is 10.1 Å². The molecule has 0 spiro atoms. The first kappa shape index (κ1) is 17.0. The van der Waals surface area contributed by atoms with E-state index in [1.807, 2.05) is 0 Å². The molecule has 0 saturated carbocycles. The third-order valence-electron chi connectivity index (χ3n) is 2.99. The van der Waals surface area contributed by atoms with Gasteiger partial charge >= 0.3 is 0 Å². The van der Waals surface area contributed by atoms with Crippen LogP contribution in [0.15, 0.2) is 24.3 Å². The van der Waals surface area contributed by atoms with Gasteiger partial charge in [0.25, 0.3) is 0 Å². The number of nitrogens with zero attached hydrogens (tertiary/aromatic N) is 1. The molecule has 1 N–H and O–H groups in total. The molecule has 0 aliphatic rings. The number of rotatable bonds is 8. The molecule has 0 aliphatic heterocycles. The highest BCUT2D eigenvalue weighted by molar-refractivity contribution is 5.27. The quantitative estimate of drug-likeness (QED) is 0.790. The number of benzene rings is 1. The topological polar surface area (TPSA) is 24.5 Å². The van der Waals surface area contributed by atoms with Gasteiger partial charge < -0.3 is 15.0 Å². The van der Waals surface area contributed by atoms with Gasteiger partial charge in [-0.25, -0.2) is 0 Å². The fraction of sp³-hybridized carbons (Fsp3) is 0.647. The van der Waals surface area contributed by atoms with Crippen LogP contribution in [-0.2, 0) is 6.54 Å². The summed E-state index contributed by atoms with van der Waals surface area (Å²) in [5, 5.41) is 3.32. The van der Waals surface area contributed by atoms with Crippen molar-refractivity contribution in [1.82, 2.24) is 10.2 Å². The molecule has 1 rings (SSSR count). The average molecular weight is 278 g/mol. The van der Waals surface area contributed by atoms with Crippen LogP contribution in [0, 0.1) is 5.41 Å². The molecule has 0 aliphatic carbocycles. The SMILES string of the molecule is CCNCc1ccc(OCCN(C)CC(C)(C)C)cc1. The molecular weight excluding hydrogens is 248 g/mol. The highest BCUT2D eigenvalue weighted by Gasteiger charge is 2.13. The zero-order valence-electron chi connectivity index (χ0n) is 13.7. The van der Waals surface area contributed by atoms with Crippen LogP contribution in [-0.4, -0.2) is 38.2 Å². The first-order valence-corrected chi connectivity index (χ1v) is 7.52. The normalized spacial score (nSPS) is 11.9. The molecule has 3 heteroatoms. The van der Waals surface area contributed by atoms with Crippen molar-refractivity contribution in [2.75, 3.05) is 33.3 Å². The summed E-state index contributed by atoms with van der Waals surface area (Å²) >= 11 is 0. The summed E-state index contributed by atoms with van der Waals surface area (Å²) in [6, 6.07) is 8.35. The van der Waals surface area contributed by atoms with Gasteiger partial charge in [0.1, 0.15) is 12.4 Å². The van der Waals surface area contributed by atoms with Gasteiger partial charge in [0.2, 0.25) is 0 Å². The van der Waals surface area contributed by atoms with Gasteiger partial charge in [0.05, 0.1) is 0 Å². The lowest BCUT2D eigenvalue weighted by molar-refractivity contribution is 0.188. The van der Waals surface area contributed by atoms with Crippen molar-refractivity contribution < 1.29 is 4.74 Å². The molecular formula is C17H30N2O. The van der Waals surface area contributed by atoms with Crippen molar-refractivity contribution in [3.05, 3.63) is 29.8 Å². The van der Waals surface area contributed by atoms with Crippen molar-refractivity contribution in [2.45, 2.75) is 34.2 Å². The molecule has 0 aromatic heterocycles. The molecule has 0 fully saturated rings. The fourth-order valence-electron chi connectivity index (χ4n) is 2.18. The van der Waals surface area contributed by atoms with Crippen LogP contribution in [0.2, 0.25) is 0 Å². The number of ether oxygens (including phenoxy) is 1. The molecule has 0 unspecified atom stereocenters. The zero-order valence-corrected chi connectivity index (χ0v) is 13.7. The summed E-state index contributed by atoms with van der Waals surface area (Å²) in [6.07, 6.45) is 0. The number of nitrogens with one attached hydrogen (secondary N) is 1. The van der Waals surface area contributed by atoms with Crippen LogP contribution in [0.25, 0.3) is 0 Å². The van der Waals surface area contributed by atoms with Crippen LogP contribution in [0.4, 0.5) is 0 Å². The van der Waals surface area contributed by atoms with E-state index in [1.54, 1.807) is 0 Å². The maximum absolute atomic E-state index is 5.79. The lowest BCUT2D eigenvalue weighted by atomic mass is 9.96. The molecule has 1 aromatic carbocycles. The van der Waals surface area contributed by atoms with Gasteiger partial charge in [0, 0.05) is 19.6 Å². The Balaban J connectivity index is 2.28. The summed E-state index contributed by atoms with van der Waals surface area (Å²) in [6.45, 7) is 13.6. The first-order valence-electron chi connectivity index (χ1n) is 7.52. The summed E-state index contributed by atoms with van der Waals surface area (Å²) in [7, 11) is 2.15. The minimum atomic E-state index is 0.336. The van der Waals surface area contributed by atoms with Gasteiger partial charge in [-0.05, 0) is 36.7 Å². The molecule has 3 nitrogen and oxygen atoms in total. The summed E-state index contributed by atoms with van der Waals surface area (Å²) in [5.74, 6) is 0.953. The monoisotopic (exact) mass is 278 g/mol. The first-order chi connectivity index (χ1) is 9.40. The maximum atomic E-state index is 5.79. The van der Waals surface area contributed by atoms with Gasteiger partial charge in [0.15, 0.2) is 0 Å². The second-order valence-electron chi connectivity index (χ2n) is 6.57. The number of hydrogen-bond donors (Lipinski definition) is 1. The Morgan fingerprint density at radius 3 is 2.35 bits per heavy atom. The van der Waals surface area contributed by atoms with E-state index in [0.29, 0.717) is 5.41 Å². The zero-order chi connectivity index (χ0) is 15.0. The molecule has 20 heavy (non-hydrogen) atoms. The van der Waals surface area contributed by atoms with Gasteiger partial charge in [-0.3, -0.25) is 0 Å². The lowest BCUT2D eigenvalue weighted by Crippen LogP contribution is -2.32. The van der Waals surface area contributed by atoms with E-state index in [-0.39, 0.29) is 0 Å². The van der Waals surface area contributed by atoms with Crippen molar-refractivity contribution in [1.29, 1.82) is 0 Å². The molecule has 0 saturated heterocycles. The van der Waals surface area contributed by atoms with E-state index in [4.69, 9.17) is 4.74 Å². The van der Waals surface area contributed by atoms with Crippen LogP contribution in [0.5, 0.6) is 5.75 Å². The van der Waals surface area contributed by atoms with Gasteiger partial charge in [-0.15, -0.1) is 0 Å². The van der Waals surface area contributed by atoms with E-state index in [0.717, 1.165) is 38.5 Å². The number of likely N-dealkylation sites (N-methyl/N-ethyl adjacent to an activating group) is 1. The smallest absolute Gasteiger partial charge is 0.119 e. The van der Waals surface area contributed by atoms with Crippen LogP contribution >= 0.6 is 0 Å². The van der Waals surface area contributed by atoms with Crippen LogP contribution in [0.1, 0.15) is 33.3 Å². The maximum Gasteiger partial charge on any atom is 0.119 e. The average Bonchev–Trinajstić information content (AvgIpc) is 2.35. The van der Waals surface area contributed by atoms with Gasteiger partial charge in [-0.2, -0.15) is 0 Å². The van der Waals surface area contributed by atoms with Gasteiger partial charge in [-0.1, -0.05) is 39.8 Å². The van der Waals surface area contributed by atoms with E-state index in [9.17, 15) is 0 Å². The fourth-order valence-corrected chi connectivity index (χ4v) is 2.18. The number of hydrogen-bond acceptors (Lipinski definition) is 3. The highest BCUT2D eigenvalue weighted by atomic mass is 16.5. The lowest BCUT2D eigenvalue weighted by Gasteiger charge is -2.26. The second-order valence-corrected chi connectivity index (χ2v) is 6.57. The molecule has 0 heterocycles. The van der Waals surface area contributed by atoms with Crippen molar-refractivity contribution in [3.63, 3.8) is 0 Å². The Hall–Kier alpha value is -1.06. The molecule has 114 valence electrons. The van der Waals surface area contributed by atoms with E-state index in [1.165, 1.54) is 5.56 Å². The third kappa shape index (κ3) is 7.51. The summed E-state index contributed by atoms with van der Waals surface area (Å²) in [5.41, 5.74) is 1.63. The molecule has 0 bridgehead atoms. The second kappa shape index (κ2) is 8.28. The van der Waals surface area contributed by atoms with E-state index < -0.39 is 0 Å². The summed E-state index contributed by atoms with van der Waals surface area (Å²) < 4.78 is 5.79. The minimum Gasteiger partial charge on any atom is -0.492 e. The van der Waals surface area contributed by atoms with Crippen LogP contribution in [0.3, 0.4) is 0 Å². The molecule has 0 radical (unpaired) electrons. The largest absolute Gasteiger partial charge is 0.492 e.